The molecule has 0 aromatic carbocycles. The number of nitrogens with one attached hydrogen (secondary N) is 2. The van der Waals surface area contributed by atoms with Gasteiger partial charge in [0.15, 0.2) is 0 Å². The van der Waals surface area contributed by atoms with Gasteiger partial charge < -0.3 is 15.5 Å². The average molecular weight is 338 g/mol. The zero-order valence-corrected chi connectivity index (χ0v) is 14.2. The molecular weight excluding hydrogens is 313 g/mol. The first-order valence-electron chi connectivity index (χ1n) is 6.95. The van der Waals surface area contributed by atoms with E-state index in [1.165, 1.54) is 0 Å². The van der Waals surface area contributed by atoms with Gasteiger partial charge in [-0.05, 0) is 26.4 Å². The second kappa shape index (κ2) is 10.00. The Bertz CT molecular complexity index is 418. The fourth-order valence-electron chi connectivity index (χ4n) is 2.53. The Kier molecular flexibility index (Phi) is 9.61. The van der Waals surface area contributed by atoms with Gasteiger partial charge in [0.25, 0.3) is 0 Å². The van der Waals surface area contributed by atoms with Crippen molar-refractivity contribution < 1.29 is 4.79 Å². The fourth-order valence-corrected chi connectivity index (χ4v) is 2.53. The van der Waals surface area contributed by atoms with E-state index in [1.807, 2.05) is 10.7 Å². The molecule has 2 N–H and O–H groups in total. The Morgan fingerprint density at radius 1 is 1.38 bits per heavy atom. The van der Waals surface area contributed by atoms with Crippen LogP contribution in [0.25, 0.3) is 0 Å². The van der Waals surface area contributed by atoms with Crippen LogP contribution in [-0.2, 0) is 4.79 Å². The number of anilines is 1. The van der Waals surface area contributed by atoms with Crippen LogP contribution < -0.4 is 10.6 Å². The zero-order chi connectivity index (χ0) is 13.7. The van der Waals surface area contributed by atoms with Crippen molar-refractivity contribution in [3.05, 3.63) is 12.3 Å². The molecule has 21 heavy (non-hydrogen) atoms. The summed E-state index contributed by atoms with van der Waals surface area (Å²) in [5.41, 5.74) is 0. The van der Waals surface area contributed by atoms with Crippen LogP contribution in [0, 0.1) is 0 Å². The van der Waals surface area contributed by atoms with Gasteiger partial charge in [-0.2, -0.15) is 5.10 Å². The summed E-state index contributed by atoms with van der Waals surface area (Å²) in [5.74, 6) is 0.769. The number of aromatic nitrogens is 2. The third-order valence-corrected chi connectivity index (χ3v) is 3.63. The van der Waals surface area contributed by atoms with Crippen LogP contribution in [0.15, 0.2) is 12.3 Å². The summed E-state index contributed by atoms with van der Waals surface area (Å²) in [6, 6.07) is 2.25. The predicted octanol–water partition coefficient (Wildman–Crippen LogP) is 1.54. The largest absolute Gasteiger partial charge is 0.311 e. The second-order valence-corrected chi connectivity index (χ2v) is 4.90. The van der Waals surface area contributed by atoms with E-state index in [2.05, 4.69) is 27.6 Å². The molecule has 2 heterocycles. The van der Waals surface area contributed by atoms with Crippen LogP contribution in [-0.4, -0.2) is 53.8 Å². The van der Waals surface area contributed by atoms with Crippen molar-refractivity contribution in [3.8, 4) is 0 Å². The van der Waals surface area contributed by atoms with Crippen molar-refractivity contribution in [2.75, 3.05) is 38.5 Å². The first-order chi connectivity index (χ1) is 9.24. The zero-order valence-electron chi connectivity index (χ0n) is 12.5. The number of carbonyl (C=O) groups is 1. The van der Waals surface area contributed by atoms with Gasteiger partial charge in [0, 0.05) is 19.2 Å². The number of piperidine rings is 1. The van der Waals surface area contributed by atoms with Crippen LogP contribution in [0.5, 0.6) is 0 Å². The highest BCUT2D eigenvalue weighted by molar-refractivity contribution is 5.91. The Balaban J connectivity index is 0.00000200. The summed E-state index contributed by atoms with van der Waals surface area (Å²) in [5, 5.41) is 10.1. The lowest BCUT2D eigenvalue weighted by Crippen LogP contribution is -2.35. The highest BCUT2D eigenvalue weighted by Crippen LogP contribution is 2.25. The van der Waals surface area contributed by atoms with Crippen molar-refractivity contribution in [1.29, 1.82) is 0 Å². The molecule has 0 spiro atoms. The van der Waals surface area contributed by atoms with Crippen molar-refractivity contribution >= 4 is 36.5 Å². The molecule has 0 radical (unpaired) electrons. The predicted molar refractivity (Wildman–Crippen MR) is 89.7 cm³/mol. The van der Waals surface area contributed by atoms with E-state index in [0.717, 1.165) is 38.3 Å². The highest BCUT2D eigenvalue weighted by Gasteiger charge is 2.22. The minimum absolute atomic E-state index is 0. The van der Waals surface area contributed by atoms with Gasteiger partial charge in [0.1, 0.15) is 5.82 Å². The Hall–Kier alpha value is -0.820. The van der Waals surface area contributed by atoms with Gasteiger partial charge in [-0.25, -0.2) is 4.68 Å². The van der Waals surface area contributed by atoms with Gasteiger partial charge in [-0.15, -0.1) is 24.8 Å². The molecule has 1 aromatic rings. The number of rotatable bonds is 5. The third kappa shape index (κ3) is 5.47. The number of nitrogens with zero attached hydrogens (tertiary/aromatic N) is 3. The fraction of sp³-hybridized carbons (Fsp3) is 0.692. The lowest BCUT2D eigenvalue weighted by atomic mass is 10.1. The van der Waals surface area contributed by atoms with E-state index in [-0.39, 0.29) is 30.7 Å². The molecule has 2 rings (SSSR count). The Morgan fingerprint density at radius 2 is 2.05 bits per heavy atom. The lowest BCUT2D eigenvalue weighted by Gasteiger charge is -2.31. The Labute approximate surface area is 138 Å². The van der Waals surface area contributed by atoms with Gasteiger partial charge in [0.2, 0.25) is 5.91 Å². The summed E-state index contributed by atoms with van der Waals surface area (Å²) in [7, 11) is 1.76. The van der Waals surface area contributed by atoms with E-state index in [9.17, 15) is 4.79 Å². The average Bonchev–Trinajstić information content (AvgIpc) is 2.87. The summed E-state index contributed by atoms with van der Waals surface area (Å²) in [4.78, 5) is 14.1. The third-order valence-electron chi connectivity index (χ3n) is 3.63. The van der Waals surface area contributed by atoms with Crippen LogP contribution in [0.2, 0.25) is 0 Å². The van der Waals surface area contributed by atoms with E-state index in [4.69, 9.17) is 0 Å². The van der Waals surface area contributed by atoms with Gasteiger partial charge in [-0.3, -0.25) is 4.79 Å². The van der Waals surface area contributed by atoms with E-state index >= 15 is 0 Å². The van der Waals surface area contributed by atoms with E-state index < -0.39 is 0 Å². The number of halogens is 2. The molecule has 0 atom stereocenters. The maximum Gasteiger partial charge on any atom is 0.239 e. The summed E-state index contributed by atoms with van der Waals surface area (Å²) in [6.07, 6.45) is 3.93. The molecule has 6 nitrogen and oxygen atoms in total. The van der Waals surface area contributed by atoms with Crippen LogP contribution in [0.3, 0.4) is 0 Å². The lowest BCUT2D eigenvalue weighted by molar-refractivity contribution is -0.115. The van der Waals surface area contributed by atoms with Gasteiger partial charge in [0.05, 0.1) is 18.8 Å². The molecule has 1 aromatic heterocycles. The normalized spacial score (nSPS) is 15.9. The molecule has 0 saturated carbocycles. The Morgan fingerprint density at radius 3 is 2.62 bits per heavy atom. The van der Waals surface area contributed by atoms with Crippen molar-refractivity contribution in [3.63, 3.8) is 0 Å². The van der Waals surface area contributed by atoms with Crippen LogP contribution in [0.4, 0.5) is 5.82 Å². The molecule has 0 unspecified atom stereocenters. The first kappa shape index (κ1) is 20.2. The number of hydrogen-bond donors (Lipinski definition) is 2. The molecule has 8 heteroatoms. The van der Waals surface area contributed by atoms with E-state index in [0.29, 0.717) is 12.6 Å². The molecule has 122 valence electrons. The van der Waals surface area contributed by atoms with Crippen LogP contribution in [0.1, 0.15) is 25.8 Å². The summed E-state index contributed by atoms with van der Waals surface area (Å²) in [6.45, 7) is 5.82. The van der Waals surface area contributed by atoms with Gasteiger partial charge in [-0.1, -0.05) is 6.92 Å². The molecule has 1 aliphatic rings. The molecule has 0 aliphatic carbocycles. The number of carbonyl (C=O) groups excluding carboxylic acids is 1. The molecule has 1 saturated heterocycles. The maximum atomic E-state index is 11.6. The van der Waals surface area contributed by atoms with Gasteiger partial charge >= 0.3 is 0 Å². The highest BCUT2D eigenvalue weighted by atomic mass is 35.5. The standard InChI is InChI=1S/C13H23N5O.2ClH/c1-3-17-8-5-11(6-9-17)18-12(4-7-15-18)16-13(19)10-14-2;;/h4,7,11,14H,3,5-6,8-10H2,1-2H3,(H,16,19);2*1H. The number of amides is 1. The molecule has 1 fully saturated rings. The maximum absolute atomic E-state index is 11.6. The summed E-state index contributed by atoms with van der Waals surface area (Å²) < 4.78 is 1.96. The number of hydrogen-bond acceptors (Lipinski definition) is 4. The monoisotopic (exact) mass is 337 g/mol. The SMILES string of the molecule is CCN1CCC(n2nccc2NC(=O)CNC)CC1.Cl.Cl. The number of likely N-dealkylation sites (N-methyl/N-ethyl adjacent to an activating group) is 1. The van der Waals surface area contributed by atoms with Crippen molar-refractivity contribution in [2.45, 2.75) is 25.8 Å². The van der Waals surface area contributed by atoms with Crippen molar-refractivity contribution in [1.82, 2.24) is 20.0 Å². The van der Waals surface area contributed by atoms with E-state index in [1.54, 1.807) is 13.2 Å². The smallest absolute Gasteiger partial charge is 0.239 e. The first-order valence-corrected chi connectivity index (χ1v) is 6.95. The minimum atomic E-state index is -0.0322. The second-order valence-electron chi connectivity index (χ2n) is 4.90. The number of likely N-dealkylation sites (tertiary alicyclic amines) is 1. The summed E-state index contributed by atoms with van der Waals surface area (Å²) >= 11 is 0. The topological polar surface area (TPSA) is 62.2 Å². The molecular formula is C13H25Cl2N5O. The minimum Gasteiger partial charge on any atom is -0.311 e. The molecule has 1 aliphatic heterocycles. The quantitative estimate of drug-likeness (QED) is 0.855. The van der Waals surface area contributed by atoms with Crippen LogP contribution >= 0.6 is 24.8 Å². The van der Waals surface area contributed by atoms with Crippen molar-refractivity contribution in [2.24, 2.45) is 0 Å². The molecule has 1 amide bonds. The molecule has 0 bridgehead atoms.